The van der Waals surface area contributed by atoms with Gasteiger partial charge in [0.15, 0.2) is 13.6 Å². The summed E-state index contributed by atoms with van der Waals surface area (Å²) in [4.78, 5) is 1.30. The molecule has 3 aromatic rings. The molecule has 0 fully saturated rings. The summed E-state index contributed by atoms with van der Waals surface area (Å²) in [6.45, 7) is -0.271. The first-order valence-electron chi connectivity index (χ1n) is 11.3. The Morgan fingerprint density at radius 3 is 1.75 bits per heavy atom. The second kappa shape index (κ2) is 14.9. The van der Waals surface area contributed by atoms with E-state index in [2.05, 4.69) is 19.7 Å². The second-order valence-electron chi connectivity index (χ2n) is 7.83. The average Bonchev–Trinajstić information content (AvgIpc) is 3.39. The Labute approximate surface area is 225 Å². The molecular formula is C24H28F6N6O4. The van der Waals surface area contributed by atoms with Gasteiger partial charge < -0.3 is 29.7 Å². The zero-order chi connectivity index (χ0) is 29.8. The number of methoxy groups -OCH3 is 2. The summed E-state index contributed by atoms with van der Waals surface area (Å²) in [7, 11) is 2.66. The van der Waals surface area contributed by atoms with Crippen molar-refractivity contribution in [2.75, 3.05) is 27.8 Å². The first kappa shape index (κ1) is 32.2. The van der Waals surface area contributed by atoms with Crippen LogP contribution in [0.3, 0.4) is 0 Å². The van der Waals surface area contributed by atoms with Crippen molar-refractivity contribution >= 4 is 0 Å². The first-order chi connectivity index (χ1) is 18.9. The molecule has 0 aliphatic heterocycles. The van der Waals surface area contributed by atoms with Gasteiger partial charge in [0, 0.05) is 26.6 Å². The number of nitrogens with two attached hydrogens (primary N) is 2. The van der Waals surface area contributed by atoms with Crippen LogP contribution in [-0.4, -0.2) is 47.8 Å². The van der Waals surface area contributed by atoms with Crippen LogP contribution in [0.1, 0.15) is 22.3 Å². The van der Waals surface area contributed by atoms with Gasteiger partial charge in [-0.3, -0.25) is 0 Å². The van der Waals surface area contributed by atoms with Crippen LogP contribution in [0.15, 0.2) is 61.2 Å². The summed E-state index contributed by atoms with van der Waals surface area (Å²) in [6.07, 6.45) is -3.57. The largest absolute Gasteiger partial charge is 0.467 e. The molecule has 0 aliphatic carbocycles. The van der Waals surface area contributed by atoms with Gasteiger partial charge >= 0.3 is 12.4 Å². The lowest BCUT2D eigenvalue weighted by Gasteiger charge is -2.17. The van der Waals surface area contributed by atoms with Crippen molar-refractivity contribution in [3.05, 3.63) is 83.4 Å². The summed E-state index contributed by atoms with van der Waals surface area (Å²) >= 11 is 0. The molecular weight excluding hydrogens is 550 g/mol. The maximum absolute atomic E-state index is 13.0. The van der Waals surface area contributed by atoms with Crippen LogP contribution in [0.4, 0.5) is 26.3 Å². The minimum Gasteiger partial charge on any atom is -0.467 e. The highest BCUT2D eigenvalue weighted by Gasteiger charge is 2.35. The molecule has 2 aromatic carbocycles. The summed E-state index contributed by atoms with van der Waals surface area (Å²) < 4.78 is 96.8. The predicted molar refractivity (Wildman–Crippen MR) is 130 cm³/mol. The smallest absolute Gasteiger partial charge is 0.419 e. The van der Waals surface area contributed by atoms with Gasteiger partial charge in [-0.2, -0.15) is 41.3 Å². The molecule has 40 heavy (non-hydrogen) atoms. The number of aromatic nitrogens is 3. The number of halogens is 6. The zero-order valence-electron chi connectivity index (χ0n) is 21.4. The SMILES string of the molecule is COCOc1ccc(CN(N)/C=C\N)cc1C(F)(F)F.COCOc1ccc(Cn2nccn2)cc1C(F)(F)F. The van der Waals surface area contributed by atoms with E-state index >= 15 is 0 Å². The van der Waals surface area contributed by atoms with Crippen molar-refractivity contribution in [1.82, 2.24) is 20.0 Å². The van der Waals surface area contributed by atoms with Gasteiger partial charge in [-0.25, -0.2) is 5.84 Å². The van der Waals surface area contributed by atoms with E-state index < -0.39 is 23.5 Å². The molecule has 16 heteroatoms. The molecule has 0 saturated carbocycles. The molecule has 220 valence electrons. The van der Waals surface area contributed by atoms with Crippen molar-refractivity contribution in [1.29, 1.82) is 0 Å². The van der Waals surface area contributed by atoms with Gasteiger partial charge in [-0.1, -0.05) is 12.1 Å². The maximum Gasteiger partial charge on any atom is 0.419 e. The fraction of sp³-hybridized carbons (Fsp3) is 0.333. The van der Waals surface area contributed by atoms with E-state index in [9.17, 15) is 26.3 Å². The monoisotopic (exact) mass is 578 g/mol. The average molecular weight is 579 g/mol. The molecule has 1 heterocycles. The predicted octanol–water partition coefficient (Wildman–Crippen LogP) is 4.12. The number of hydrazine groups is 1. The standard InChI is InChI=1S/C12H12F3N3O2.C12H16F3N3O2/c1-19-8-20-11-3-2-9(6-10(11)12(13,14)15)7-18-16-4-5-17-18;1-19-8-20-11-3-2-9(7-18(17)5-4-16)6-10(11)12(13,14)15/h2-6H,7-8H2,1H3;2-6H,7-8,16-17H2,1H3/b;5-4-. The van der Waals surface area contributed by atoms with Gasteiger partial charge in [0.05, 0.1) is 36.6 Å². The highest BCUT2D eigenvalue weighted by molar-refractivity contribution is 5.40. The van der Waals surface area contributed by atoms with Crippen LogP contribution < -0.4 is 21.1 Å². The third kappa shape index (κ3) is 10.3. The van der Waals surface area contributed by atoms with E-state index in [0.29, 0.717) is 11.1 Å². The van der Waals surface area contributed by atoms with E-state index in [0.717, 1.165) is 12.1 Å². The normalized spacial score (nSPS) is 11.7. The van der Waals surface area contributed by atoms with Crippen molar-refractivity contribution < 1.29 is 45.3 Å². The quantitative estimate of drug-likeness (QED) is 0.150. The zero-order valence-corrected chi connectivity index (χ0v) is 21.4. The number of ether oxygens (including phenoxy) is 4. The van der Waals surface area contributed by atoms with Crippen molar-refractivity contribution in [3.8, 4) is 11.5 Å². The molecule has 0 bridgehead atoms. The highest BCUT2D eigenvalue weighted by atomic mass is 19.4. The Morgan fingerprint density at radius 1 is 0.825 bits per heavy atom. The summed E-state index contributed by atoms with van der Waals surface area (Å²) in [5, 5.41) is 8.87. The van der Waals surface area contributed by atoms with E-state index in [1.54, 1.807) is 0 Å². The van der Waals surface area contributed by atoms with Gasteiger partial charge in [-0.15, -0.1) is 0 Å². The summed E-state index contributed by atoms with van der Waals surface area (Å²) in [5.41, 5.74) is 4.23. The van der Waals surface area contributed by atoms with Crippen LogP contribution in [0.25, 0.3) is 0 Å². The Morgan fingerprint density at radius 2 is 1.30 bits per heavy atom. The molecule has 0 unspecified atom stereocenters. The van der Waals surface area contributed by atoms with E-state index in [-0.39, 0.29) is 38.2 Å². The van der Waals surface area contributed by atoms with E-state index in [1.807, 2.05) is 0 Å². The number of alkyl halides is 6. The number of hydrogen-bond acceptors (Lipinski definition) is 9. The van der Waals surface area contributed by atoms with Crippen molar-refractivity contribution in [3.63, 3.8) is 0 Å². The van der Waals surface area contributed by atoms with Crippen molar-refractivity contribution in [2.45, 2.75) is 25.4 Å². The van der Waals surface area contributed by atoms with Crippen LogP contribution in [0.2, 0.25) is 0 Å². The Bertz CT molecular complexity index is 1210. The minimum absolute atomic E-state index is 0.0847. The molecule has 4 N–H and O–H groups in total. The molecule has 1 aromatic heterocycles. The molecule has 0 spiro atoms. The van der Waals surface area contributed by atoms with Crippen LogP contribution in [0.5, 0.6) is 11.5 Å². The number of rotatable bonds is 11. The minimum atomic E-state index is -4.53. The summed E-state index contributed by atoms with van der Waals surface area (Å²) in [5.74, 6) is 4.97. The molecule has 0 amide bonds. The van der Waals surface area contributed by atoms with Gasteiger partial charge in [0.1, 0.15) is 11.5 Å². The Hall–Kier alpha value is -4.02. The van der Waals surface area contributed by atoms with Crippen LogP contribution in [-0.2, 0) is 34.9 Å². The Balaban J connectivity index is 0.000000280. The van der Waals surface area contributed by atoms with E-state index in [1.165, 1.54) is 73.1 Å². The van der Waals surface area contributed by atoms with Crippen molar-refractivity contribution in [2.24, 2.45) is 11.6 Å². The maximum atomic E-state index is 13.0. The second-order valence-corrected chi connectivity index (χ2v) is 7.83. The fourth-order valence-corrected chi connectivity index (χ4v) is 3.15. The fourth-order valence-electron chi connectivity index (χ4n) is 3.15. The molecule has 0 aliphatic rings. The van der Waals surface area contributed by atoms with Gasteiger partial charge in [-0.05, 0) is 35.4 Å². The van der Waals surface area contributed by atoms with Gasteiger partial charge in [0.2, 0.25) is 0 Å². The molecule has 0 saturated heterocycles. The lowest BCUT2D eigenvalue weighted by Crippen LogP contribution is -2.24. The third-order valence-corrected chi connectivity index (χ3v) is 4.80. The van der Waals surface area contributed by atoms with Crippen LogP contribution in [0, 0.1) is 0 Å². The lowest BCUT2D eigenvalue weighted by molar-refractivity contribution is -0.140. The topological polar surface area (TPSA) is 123 Å². The third-order valence-electron chi connectivity index (χ3n) is 4.80. The Kier molecular flexibility index (Phi) is 12.0. The number of nitrogens with zero attached hydrogens (tertiary/aromatic N) is 4. The number of hydrogen-bond donors (Lipinski definition) is 2. The molecule has 10 nitrogen and oxygen atoms in total. The van der Waals surface area contributed by atoms with E-state index in [4.69, 9.17) is 21.1 Å². The van der Waals surface area contributed by atoms with Crippen LogP contribution >= 0.6 is 0 Å². The summed E-state index contributed by atoms with van der Waals surface area (Å²) in [6, 6.07) is 7.52. The molecule has 3 rings (SSSR count). The lowest BCUT2D eigenvalue weighted by atomic mass is 10.1. The first-order valence-corrected chi connectivity index (χ1v) is 11.3. The molecule has 0 radical (unpaired) electrons. The number of benzene rings is 2. The van der Waals surface area contributed by atoms with Gasteiger partial charge in [0.25, 0.3) is 0 Å². The highest BCUT2D eigenvalue weighted by Crippen LogP contribution is 2.38. The molecule has 0 atom stereocenters.